The molecule has 2 aromatic rings. The number of hydrogen-bond donors (Lipinski definition) is 0. The molecule has 0 N–H and O–H groups in total. The van der Waals surface area contributed by atoms with Gasteiger partial charge in [0.2, 0.25) is 5.58 Å². The summed E-state index contributed by atoms with van der Waals surface area (Å²) in [6.07, 6.45) is 0.356. The fourth-order valence-electron chi connectivity index (χ4n) is 3.62. The largest absolute Gasteiger partial charge is 0.372 e. The van der Waals surface area contributed by atoms with Crippen molar-refractivity contribution in [3.05, 3.63) is 16.4 Å². The summed E-state index contributed by atoms with van der Waals surface area (Å²) in [5, 5.41) is 3.77. The Bertz CT molecular complexity index is 948. The van der Waals surface area contributed by atoms with Gasteiger partial charge < -0.3 is 19.1 Å². The number of morpholine rings is 1. The van der Waals surface area contributed by atoms with E-state index in [1.807, 2.05) is 18.7 Å². The molecule has 28 heavy (non-hydrogen) atoms. The number of ether oxygens (including phenoxy) is 1. The number of halogens is 3. The van der Waals surface area contributed by atoms with Gasteiger partial charge in [0.05, 0.1) is 31.0 Å². The van der Waals surface area contributed by atoms with Gasteiger partial charge in [-0.2, -0.15) is 0 Å². The van der Waals surface area contributed by atoms with Gasteiger partial charge in [-0.15, -0.1) is 0 Å². The summed E-state index contributed by atoms with van der Waals surface area (Å²) < 4.78 is 37.0. The van der Waals surface area contributed by atoms with E-state index in [1.165, 1.54) is 0 Å². The third kappa shape index (κ3) is 3.10. The van der Waals surface area contributed by atoms with E-state index in [0.717, 1.165) is 4.90 Å². The standard InChI is InChI=1S/C17H17ClF2N4O4/c1-8-3-23(4-9(2)27-8)14-10(5-25)21-12-13(22-28-15(12)11(14)18)16(26)24-6-17(19,20)7-24/h5,8-9H,3-4,6-7H2,1-2H3. The van der Waals surface area contributed by atoms with Gasteiger partial charge in [0, 0.05) is 13.1 Å². The molecule has 2 aromatic heterocycles. The molecule has 2 saturated heterocycles. The van der Waals surface area contributed by atoms with Crippen LogP contribution in [-0.2, 0) is 4.74 Å². The average molecular weight is 415 g/mol. The molecule has 2 aliphatic rings. The highest BCUT2D eigenvalue weighted by Crippen LogP contribution is 2.38. The Labute approximate surface area is 163 Å². The molecule has 0 bridgehead atoms. The van der Waals surface area contributed by atoms with E-state index in [9.17, 15) is 18.4 Å². The fraction of sp³-hybridized carbons (Fsp3) is 0.529. The van der Waals surface area contributed by atoms with Crippen LogP contribution < -0.4 is 4.90 Å². The summed E-state index contributed by atoms with van der Waals surface area (Å²) in [5.41, 5.74) is 0.155. The molecular formula is C17H17ClF2N4O4. The number of rotatable bonds is 3. The van der Waals surface area contributed by atoms with E-state index < -0.39 is 24.9 Å². The van der Waals surface area contributed by atoms with Crippen molar-refractivity contribution < 1.29 is 27.6 Å². The zero-order valence-electron chi connectivity index (χ0n) is 15.1. The van der Waals surface area contributed by atoms with Crippen molar-refractivity contribution in [1.82, 2.24) is 15.0 Å². The van der Waals surface area contributed by atoms with Gasteiger partial charge in [-0.25, -0.2) is 13.8 Å². The maximum atomic E-state index is 13.1. The molecule has 0 spiro atoms. The number of alkyl halides is 2. The van der Waals surface area contributed by atoms with Crippen molar-refractivity contribution in [1.29, 1.82) is 0 Å². The van der Waals surface area contributed by atoms with Crippen LogP contribution in [0.1, 0.15) is 34.8 Å². The molecule has 1 amide bonds. The lowest BCUT2D eigenvalue weighted by molar-refractivity contribution is -0.113. The van der Waals surface area contributed by atoms with Crippen molar-refractivity contribution in [2.24, 2.45) is 0 Å². The molecule has 0 aliphatic carbocycles. The summed E-state index contributed by atoms with van der Waals surface area (Å²) in [6, 6.07) is 0. The molecule has 2 fully saturated rings. The highest BCUT2D eigenvalue weighted by molar-refractivity contribution is 6.38. The maximum Gasteiger partial charge on any atom is 0.282 e. The first-order chi connectivity index (χ1) is 13.2. The van der Waals surface area contributed by atoms with Crippen LogP contribution in [-0.4, -0.2) is 71.5 Å². The number of carbonyl (C=O) groups is 2. The van der Waals surface area contributed by atoms with Gasteiger partial charge in [-0.1, -0.05) is 16.8 Å². The van der Waals surface area contributed by atoms with E-state index in [0.29, 0.717) is 25.1 Å². The van der Waals surface area contributed by atoms with Gasteiger partial charge >= 0.3 is 0 Å². The molecule has 2 atom stereocenters. The SMILES string of the molecule is CC1CN(c2c(C=O)nc3c(C(=O)N4CC(F)(F)C4)noc3c2Cl)CC(C)O1. The number of aromatic nitrogens is 2. The van der Waals surface area contributed by atoms with Crippen LogP contribution in [0.25, 0.3) is 11.1 Å². The molecule has 8 nitrogen and oxygen atoms in total. The number of aldehydes is 1. The van der Waals surface area contributed by atoms with Crippen molar-refractivity contribution in [3.8, 4) is 0 Å². The normalized spacial score (nSPS) is 24.3. The predicted molar refractivity (Wildman–Crippen MR) is 95.3 cm³/mol. The number of pyridine rings is 1. The van der Waals surface area contributed by atoms with Crippen LogP contribution in [0.2, 0.25) is 5.02 Å². The minimum Gasteiger partial charge on any atom is -0.372 e. The second-order valence-corrected chi connectivity index (χ2v) is 7.54. The Balaban J connectivity index is 1.75. The molecule has 150 valence electrons. The van der Waals surface area contributed by atoms with Crippen LogP contribution in [0, 0.1) is 0 Å². The van der Waals surface area contributed by atoms with E-state index in [-0.39, 0.29) is 39.7 Å². The highest BCUT2D eigenvalue weighted by Gasteiger charge is 2.47. The predicted octanol–water partition coefficient (Wildman–Crippen LogP) is 2.39. The fourth-order valence-corrected chi connectivity index (χ4v) is 3.96. The summed E-state index contributed by atoms with van der Waals surface area (Å²) in [4.78, 5) is 31.2. The van der Waals surface area contributed by atoms with Crippen molar-refractivity contribution in [3.63, 3.8) is 0 Å². The van der Waals surface area contributed by atoms with Crippen LogP contribution in [0.5, 0.6) is 0 Å². The lowest BCUT2D eigenvalue weighted by Gasteiger charge is -2.38. The van der Waals surface area contributed by atoms with Crippen molar-refractivity contribution in [2.45, 2.75) is 32.0 Å². The first-order valence-electron chi connectivity index (χ1n) is 8.71. The zero-order valence-corrected chi connectivity index (χ0v) is 15.9. The molecule has 2 unspecified atom stereocenters. The molecule has 0 radical (unpaired) electrons. The van der Waals surface area contributed by atoms with Crippen LogP contribution in [0.15, 0.2) is 4.52 Å². The third-order valence-corrected chi connectivity index (χ3v) is 5.08. The number of nitrogens with zero attached hydrogens (tertiary/aromatic N) is 4. The molecule has 2 aliphatic heterocycles. The van der Waals surface area contributed by atoms with Gasteiger partial charge in [0.1, 0.15) is 16.2 Å². The van der Waals surface area contributed by atoms with Crippen LogP contribution in [0.4, 0.5) is 14.5 Å². The highest BCUT2D eigenvalue weighted by atomic mass is 35.5. The zero-order chi connectivity index (χ0) is 20.2. The average Bonchev–Trinajstić information content (AvgIpc) is 3.02. The molecule has 0 saturated carbocycles. The topological polar surface area (TPSA) is 88.8 Å². The van der Waals surface area contributed by atoms with Crippen LogP contribution in [0.3, 0.4) is 0 Å². The smallest absolute Gasteiger partial charge is 0.282 e. The van der Waals surface area contributed by atoms with Gasteiger partial charge in [0.25, 0.3) is 11.8 Å². The molecule has 4 heterocycles. The molecule has 11 heteroatoms. The van der Waals surface area contributed by atoms with Crippen LogP contribution >= 0.6 is 11.6 Å². The number of hydrogen-bond acceptors (Lipinski definition) is 7. The van der Waals surface area contributed by atoms with E-state index >= 15 is 0 Å². The third-order valence-electron chi connectivity index (χ3n) is 4.73. The number of likely N-dealkylation sites (tertiary alicyclic amines) is 1. The Hall–Kier alpha value is -2.33. The quantitative estimate of drug-likeness (QED) is 0.712. The maximum absolute atomic E-state index is 13.1. The monoisotopic (exact) mass is 414 g/mol. The first-order valence-corrected chi connectivity index (χ1v) is 9.09. The van der Waals surface area contributed by atoms with Crippen molar-refractivity contribution in [2.75, 3.05) is 31.1 Å². The van der Waals surface area contributed by atoms with Gasteiger partial charge in [-0.3, -0.25) is 9.59 Å². The summed E-state index contributed by atoms with van der Waals surface area (Å²) in [7, 11) is 0. The minimum atomic E-state index is -2.91. The van der Waals surface area contributed by atoms with E-state index in [2.05, 4.69) is 10.1 Å². The van der Waals surface area contributed by atoms with E-state index in [1.54, 1.807) is 0 Å². The van der Waals surface area contributed by atoms with E-state index in [4.69, 9.17) is 20.9 Å². The number of amides is 1. The summed E-state index contributed by atoms with van der Waals surface area (Å²) >= 11 is 6.49. The Morgan fingerprint density at radius 1 is 1.29 bits per heavy atom. The Kier molecular flexibility index (Phi) is 4.50. The summed E-state index contributed by atoms with van der Waals surface area (Å²) in [6.45, 7) is 3.38. The lowest BCUT2D eigenvalue weighted by Crippen LogP contribution is -2.58. The Morgan fingerprint density at radius 2 is 1.93 bits per heavy atom. The first kappa shape index (κ1) is 19.0. The number of anilines is 1. The van der Waals surface area contributed by atoms with Gasteiger partial charge in [0.15, 0.2) is 12.0 Å². The van der Waals surface area contributed by atoms with Crippen molar-refractivity contribution >= 4 is 40.6 Å². The minimum absolute atomic E-state index is 0.0185. The molecule has 0 aromatic carbocycles. The Morgan fingerprint density at radius 3 is 2.50 bits per heavy atom. The number of fused-ring (bicyclic) bond motifs is 1. The second kappa shape index (κ2) is 6.63. The number of carbonyl (C=O) groups excluding carboxylic acids is 2. The lowest BCUT2D eigenvalue weighted by atomic mass is 10.1. The van der Waals surface area contributed by atoms with Gasteiger partial charge in [-0.05, 0) is 13.8 Å². The molecular weight excluding hydrogens is 398 g/mol. The second-order valence-electron chi connectivity index (χ2n) is 7.17. The molecule has 4 rings (SSSR count). The summed E-state index contributed by atoms with van der Waals surface area (Å²) in [5.74, 6) is -3.66.